The Morgan fingerprint density at radius 3 is 2.42 bits per heavy atom. The van der Waals surface area contributed by atoms with Crippen molar-refractivity contribution < 1.29 is 13.2 Å². The number of rotatable bonds is 8. The van der Waals surface area contributed by atoms with Gasteiger partial charge < -0.3 is 10.1 Å². The fraction of sp³-hybridized carbons (Fsp3) is 0.538. The number of ether oxygens (including phenoxy) is 1. The van der Waals surface area contributed by atoms with Crippen LogP contribution >= 0.6 is 0 Å². The van der Waals surface area contributed by atoms with Crippen molar-refractivity contribution in [2.45, 2.75) is 19.4 Å². The highest BCUT2D eigenvalue weighted by atomic mass is 32.2. The molecular weight excluding hydrogens is 264 g/mol. The van der Waals surface area contributed by atoms with Crippen LogP contribution in [-0.4, -0.2) is 34.9 Å². The number of sulfonamides is 1. The fourth-order valence-electron chi connectivity index (χ4n) is 1.63. The van der Waals surface area contributed by atoms with Gasteiger partial charge in [-0.25, -0.2) is 8.42 Å². The molecule has 0 amide bonds. The maximum atomic E-state index is 11.8. The molecule has 6 heteroatoms. The largest absolute Gasteiger partial charge is 0.385 e. The minimum atomic E-state index is -3.29. The van der Waals surface area contributed by atoms with Crippen LogP contribution in [0.1, 0.15) is 24.9 Å². The molecule has 1 unspecified atom stereocenters. The van der Waals surface area contributed by atoms with Gasteiger partial charge >= 0.3 is 0 Å². The molecule has 0 spiro atoms. The Labute approximate surface area is 115 Å². The van der Waals surface area contributed by atoms with Gasteiger partial charge in [-0.15, -0.1) is 0 Å². The average molecular weight is 286 g/mol. The number of hydrogen-bond donors (Lipinski definition) is 2. The second kappa shape index (κ2) is 7.47. The Kier molecular flexibility index (Phi) is 6.27. The Hall–Kier alpha value is -1.11. The maximum Gasteiger partial charge on any atom is 0.232 e. The predicted octanol–water partition coefficient (Wildman–Crippen LogP) is 1.75. The van der Waals surface area contributed by atoms with Crippen LogP contribution < -0.4 is 10.0 Å². The molecule has 0 aliphatic carbocycles. The number of anilines is 1. The molecular formula is C13H22N2O3S. The monoisotopic (exact) mass is 286 g/mol. The van der Waals surface area contributed by atoms with Crippen LogP contribution in [0, 0.1) is 0 Å². The standard InChI is InChI=1S/C13H22N2O3S/c1-11(14-2)12-5-7-13(8-6-12)15-19(16,17)10-4-9-18-3/h5-8,11,14-15H,4,9-10H2,1-3H3. The van der Waals surface area contributed by atoms with Crippen molar-refractivity contribution >= 4 is 15.7 Å². The number of methoxy groups -OCH3 is 1. The molecule has 1 rings (SSSR count). The van der Waals surface area contributed by atoms with E-state index < -0.39 is 10.0 Å². The molecule has 1 aromatic carbocycles. The van der Waals surface area contributed by atoms with Gasteiger partial charge in [0.15, 0.2) is 0 Å². The summed E-state index contributed by atoms with van der Waals surface area (Å²) in [6, 6.07) is 7.61. The summed E-state index contributed by atoms with van der Waals surface area (Å²) in [6.07, 6.45) is 0.487. The SMILES string of the molecule is CNC(C)c1ccc(NS(=O)(=O)CCCOC)cc1. The van der Waals surface area contributed by atoms with E-state index in [4.69, 9.17) is 4.74 Å². The van der Waals surface area contributed by atoms with Crippen molar-refractivity contribution in [1.29, 1.82) is 0 Å². The average Bonchev–Trinajstić information content (AvgIpc) is 2.38. The Morgan fingerprint density at radius 2 is 1.89 bits per heavy atom. The summed E-state index contributed by atoms with van der Waals surface area (Å²) in [5.41, 5.74) is 1.70. The lowest BCUT2D eigenvalue weighted by Crippen LogP contribution is -2.18. The topological polar surface area (TPSA) is 67.4 Å². The molecule has 2 N–H and O–H groups in total. The van der Waals surface area contributed by atoms with Gasteiger partial charge in [-0.05, 0) is 38.1 Å². The van der Waals surface area contributed by atoms with Crippen LogP contribution in [0.2, 0.25) is 0 Å². The van der Waals surface area contributed by atoms with Gasteiger partial charge in [0.2, 0.25) is 10.0 Å². The van der Waals surface area contributed by atoms with E-state index in [2.05, 4.69) is 10.0 Å². The minimum Gasteiger partial charge on any atom is -0.385 e. The van der Waals surface area contributed by atoms with Crippen LogP contribution in [0.4, 0.5) is 5.69 Å². The summed E-state index contributed by atoms with van der Waals surface area (Å²) >= 11 is 0. The van der Waals surface area contributed by atoms with Crippen LogP contribution in [-0.2, 0) is 14.8 Å². The summed E-state index contributed by atoms with van der Waals surface area (Å²) in [4.78, 5) is 0. The summed E-state index contributed by atoms with van der Waals surface area (Å²) in [7, 11) is 0.152. The highest BCUT2D eigenvalue weighted by molar-refractivity contribution is 7.92. The lowest BCUT2D eigenvalue weighted by Gasteiger charge is -2.12. The molecule has 0 radical (unpaired) electrons. The van der Waals surface area contributed by atoms with E-state index in [1.807, 2.05) is 26.1 Å². The molecule has 0 heterocycles. The zero-order valence-electron chi connectivity index (χ0n) is 11.6. The molecule has 0 aliphatic heterocycles. The first-order valence-corrected chi connectivity index (χ1v) is 7.90. The summed E-state index contributed by atoms with van der Waals surface area (Å²) in [5.74, 6) is 0.0650. The third kappa shape index (κ3) is 5.59. The van der Waals surface area contributed by atoms with E-state index in [0.29, 0.717) is 18.7 Å². The first-order valence-electron chi connectivity index (χ1n) is 6.25. The molecule has 5 nitrogen and oxygen atoms in total. The van der Waals surface area contributed by atoms with E-state index in [1.54, 1.807) is 19.2 Å². The van der Waals surface area contributed by atoms with Crippen molar-refractivity contribution in [1.82, 2.24) is 5.32 Å². The van der Waals surface area contributed by atoms with Crippen LogP contribution in [0.3, 0.4) is 0 Å². The van der Waals surface area contributed by atoms with E-state index >= 15 is 0 Å². The normalized spacial score (nSPS) is 13.2. The summed E-state index contributed by atoms with van der Waals surface area (Å²) < 4.78 is 30.9. The van der Waals surface area contributed by atoms with E-state index in [1.165, 1.54) is 0 Å². The van der Waals surface area contributed by atoms with Crippen LogP contribution in [0.15, 0.2) is 24.3 Å². The van der Waals surface area contributed by atoms with Crippen LogP contribution in [0.5, 0.6) is 0 Å². The third-order valence-electron chi connectivity index (χ3n) is 2.88. The zero-order chi connectivity index (χ0) is 14.3. The highest BCUT2D eigenvalue weighted by Gasteiger charge is 2.10. The Morgan fingerprint density at radius 1 is 1.26 bits per heavy atom. The quantitative estimate of drug-likeness (QED) is 0.714. The zero-order valence-corrected chi connectivity index (χ0v) is 12.5. The third-order valence-corrected chi connectivity index (χ3v) is 4.25. The second-order valence-electron chi connectivity index (χ2n) is 4.40. The minimum absolute atomic E-state index is 0.0650. The predicted molar refractivity (Wildman–Crippen MR) is 77.8 cm³/mol. The van der Waals surface area contributed by atoms with Crippen molar-refractivity contribution in [2.24, 2.45) is 0 Å². The van der Waals surface area contributed by atoms with Gasteiger partial charge in [0.05, 0.1) is 5.75 Å². The lowest BCUT2D eigenvalue weighted by molar-refractivity contribution is 0.199. The number of hydrogen-bond acceptors (Lipinski definition) is 4. The molecule has 1 atom stereocenters. The molecule has 0 fully saturated rings. The van der Waals surface area contributed by atoms with E-state index in [9.17, 15) is 8.42 Å². The van der Waals surface area contributed by atoms with Gasteiger partial charge in [0.1, 0.15) is 0 Å². The van der Waals surface area contributed by atoms with E-state index in [-0.39, 0.29) is 11.8 Å². The number of nitrogens with one attached hydrogen (secondary N) is 2. The van der Waals surface area contributed by atoms with Crippen molar-refractivity contribution in [2.75, 3.05) is 31.2 Å². The van der Waals surface area contributed by atoms with Crippen molar-refractivity contribution in [3.63, 3.8) is 0 Å². The molecule has 0 aromatic heterocycles. The van der Waals surface area contributed by atoms with Gasteiger partial charge in [0, 0.05) is 25.4 Å². The number of benzene rings is 1. The van der Waals surface area contributed by atoms with E-state index in [0.717, 1.165) is 5.56 Å². The first kappa shape index (κ1) is 15.9. The fourth-order valence-corrected chi connectivity index (χ4v) is 2.73. The van der Waals surface area contributed by atoms with Crippen molar-refractivity contribution in [3.8, 4) is 0 Å². The molecule has 0 aliphatic rings. The molecule has 0 bridgehead atoms. The van der Waals surface area contributed by atoms with Gasteiger partial charge in [-0.2, -0.15) is 0 Å². The van der Waals surface area contributed by atoms with Gasteiger partial charge in [-0.3, -0.25) is 4.72 Å². The van der Waals surface area contributed by atoms with Gasteiger partial charge in [-0.1, -0.05) is 12.1 Å². The van der Waals surface area contributed by atoms with Crippen LogP contribution in [0.25, 0.3) is 0 Å². The van der Waals surface area contributed by atoms with Crippen molar-refractivity contribution in [3.05, 3.63) is 29.8 Å². The maximum absolute atomic E-state index is 11.8. The Balaban J connectivity index is 2.62. The molecule has 19 heavy (non-hydrogen) atoms. The molecule has 108 valence electrons. The van der Waals surface area contributed by atoms with Gasteiger partial charge in [0.25, 0.3) is 0 Å². The summed E-state index contributed by atoms with van der Waals surface area (Å²) in [5, 5.41) is 3.13. The summed E-state index contributed by atoms with van der Waals surface area (Å²) in [6.45, 7) is 2.49. The second-order valence-corrected chi connectivity index (χ2v) is 6.24. The molecule has 1 aromatic rings. The highest BCUT2D eigenvalue weighted by Crippen LogP contribution is 2.16. The first-order chi connectivity index (χ1) is 8.98. The molecule has 0 saturated heterocycles. The smallest absolute Gasteiger partial charge is 0.232 e. The molecule has 0 saturated carbocycles. The lowest BCUT2D eigenvalue weighted by atomic mass is 10.1. The Bertz CT molecular complexity index is 471.